The smallest absolute Gasteiger partial charge is 0.119 e. The highest BCUT2D eigenvalue weighted by atomic mass is 16.5. The van der Waals surface area contributed by atoms with Crippen molar-refractivity contribution in [3.63, 3.8) is 0 Å². The molecule has 96 valence electrons. The number of rotatable bonds is 7. The summed E-state index contributed by atoms with van der Waals surface area (Å²) in [4.78, 5) is 0. The molecule has 17 heavy (non-hydrogen) atoms. The Hall–Kier alpha value is -1.22. The van der Waals surface area contributed by atoms with Gasteiger partial charge in [-0.2, -0.15) is 0 Å². The maximum absolute atomic E-state index is 8.64. The molecule has 1 rings (SSSR count). The summed E-state index contributed by atoms with van der Waals surface area (Å²) in [6.07, 6.45) is 1.27. The summed E-state index contributed by atoms with van der Waals surface area (Å²) in [7, 11) is 0. The number of hydrogen-bond acceptors (Lipinski definition) is 3. The maximum atomic E-state index is 8.64. The van der Waals surface area contributed by atoms with Gasteiger partial charge in [-0.15, -0.1) is 0 Å². The van der Waals surface area contributed by atoms with Crippen molar-refractivity contribution in [3.05, 3.63) is 24.3 Å². The van der Waals surface area contributed by atoms with Gasteiger partial charge in [-0.05, 0) is 43.5 Å². The van der Waals surface area contributed by atoms with Crippen LogP contribution in [0.15, 0.2) is 24.3 Å². The normalized spacial score (nSPS) is 12.5. The van der Waals surface area contributed by atoms with Gasteiger partial charge >= 0.3 is 0 Å². The molecule has 0 aliphatic rings. The average Bonchev–Trinajstić information content (AvgIpc) is 2.27. The molecule has 0 fully saturated rings. The third-order valence-corrected chi connectivity index (χ3v) is 2.32. The first-order valence-electron chi connectivity index (χ1n) is 6.12. The van der Waals surface area contributed by atoms with E-state index in [0.29, 0.717) is 12.5 Å². The molecule has 1 atom stereocenters. The van der Waals surface area contributed by atoms with Gasteiger partial charge in [0.15, 0.2) is 0 Å². The molecule has 0 radical (unpaired) electrons. The van der Waals surface area contributed by atoms with Crippen LogP contribution in [0.25, 0.3) is 0 Å². The lowest BCUT2D eigenvalue weighted by atomic mass is 10.1. The number of ether oxygens (including phenoxy) is 2. The van der Waals surface area contributed by atoms with Gasteiger partial charge in [0.25, 0.3) is 0 Å². The predicted molar refractivity (Wildman–Crippen MR) is 68.6 cm³/mol. The van der Waals surface area contributed by atoms with Gasteiger partial charge in [0, 0.05) is 0 Å². The number of aliphatic hydroxyl groups excluding tert-OH is 1. The minimum absolute atomic E-state index is 0.0314. The first-order chi connectivity index (χ1) is 8.11. The van der Waals surface area contributed by atoms with Crippen molar-refractivity contribution < 1.29 is 14.6 Å². The topological polar surface area (TPSA) is 38.7 Å². The van der Waals surface area contributed by atoms with Gasteiger partial charge in [0.1, 0.15) is 18.1 Å². The van der Waals surface area contributed by atoms with Gasteiger partial charge in [-0.25, -0.2) is 0 Å². The molecule has 3 heteroatoms. The minimum atomic E-state index is 0.0314. The largest absolute Gasteiger partial charge is 0.491 e. The summed E-state index contributed by atoms with van der Waals surface area (Å²) in [6, 6.07) is 7.49. The first-order valence-corrected chi connectivity index (χ1v) is 6.12. The second-order valence-corrected chi connectivity index (χ2v) is 4.60. The summed E-state index contributed by atoms with van der Waals surface area (Å²) in [5, 5.41) is 8.64. The van der Waals surface area contributed by atoms with Gasteiger partial charge in [-0.1, -0.05) is 13.8 Å². The van der Waals surface area contributed by atoms with Crippen LogP contribution in [-0.2, 0) is 0 Å². The average molecular weight is 238 g/mol. The molecule has 0 spiro atoms. The molecule has 0 amide bonds. The molecule has 0 aliphatic carbocycles. The quantitative estimate of drug-likeness (QED) is 0.794. The molecule has 1 N–H and O–H groups in total. The Balaban J connectivity index is 2.44. The van der Waals surface area contributed by atoms with E-state index in [1.165, 1.54) is 0 Å². The van der Waals surface area contributed by atoms with E-state index in [-0.39, 0.29) is 12.7 Å². The zero-order valence-corrected chi connectivity index (χ0v) is 10.8. The zero-order valence-electron chi connectivity index (χ0n) is 10.8. The van der Waals surface area contributed by atoms with Gasteiger partial charge in [0.05, 0.1) is 12.7 Å². The van der Waals surface area contributed by atoms with Crippen LogP contribution in [0, 0.1) is 5.92 Å². The molecule has 1 unspecified atom stereocenters. The third kappa shape index (κ3) is 5.59. The number of benzene rings is 1. The van der Waals surface area contributed by atoms with E-state index in [9.17, 15) is 0 Å². The molecule has 0 heterocycles. The molecule has 1 aromatic rings. The van der Waals surface area contributed by atoms with E-state index in [0.717, 1.165) is 17.9 Å². The van der Waals surface area contributed by atoms with Crippen molar-refractivity contribution in [1.29, 1.82) is 0 Å². The van der Waals surface area contributed by atoms with Gasteiger partial charge < -0.3 is 14.6 Å². The van der Waals surface area contributed by atoms with Crippen LogP contribution in [0.5, 0.6) is 11.5 Å². The Bertz CT molecular complexity index is 306. The number of aliphatic hydroxyl groups is 1. The minimum Gasteiger partial charge on any atom is -0.491 e. The maximum Gasteiger partial charge on any atom is 0.119 e. The summed E-state index contributed by atoms with van der Waals surface area (Å²) in [5.41, 5.74) is 0. The zero-order chi connectivity index (χ0) is 12.7. The molecule has 0 bridgehead atoms. The summed E-state index contributed by atoms with van der Waals surface area (Å²) in [6.45, 7) is 6.81. The van der Waals surface area contributed by atoms with E-state index in [2.05, 4.69) is 20.8 Å². The summed E-state index contributed by atoms with van der Waals surface area (Å²) < 4.78 is 11.1. The highest BCUT2D eigenvalue weighted by Gasteiger charge is 2.06. The molecular weight excluding hydrogens is 216 g/mol. The highest BCUT2D eigenvalue weighted by Crippen LogP contribution is 2.20. The van der Waals surface area contributed by atoms with Crippen molar-refractivity contribution >= 4 is 0 Å². The van der Waals surface area contributed by atoms with Crippen LogP contribution in [0.4, 0.5) is 0 Å². The van der Waals surface area contributed by atoms with Crippen LogP contribution in [-0.4, -0.2) is 24.4 Å². The van der Waals surface area contributed by atoms with Crippen LogP contribution in [0.2, 0.25) is 0 Å². The Morgan fingerprint density at radius 2 is 1.65 bits per heavy atom. The van der Waals surface area contributed by atoms with Crippen LogP contribution >= 0.6 is 0 Å². The fourth-order valence-electron chi connectivity index (χ4n) is 1.72. The lowest BCUT2D eigenvalue weighted by Gasteiger charge is -2.16. The molecule has 0 aliphatic heterocycles. The fraction of sp³-hybridized carbons (Fsp3) is 0.571. The Kier molecular flexibility index (Phi) is 5.84. The fourth-order valence-corrected chi connectivity index (χ4v) is 1.72. The van der Waals surface area contributed by atoms with E-state index in [1.54, 1.807) is 0 Å². The molecule has 3 nitrogen and oxygen atoms in total. The molecule has 1 aromatic carbocycles. The predicted octanol–water partition coefficient (Wildman–Crippen LogP) is 2.87. The molecule has 0 saturated heterocycles. The van der Waals surface area contributed by atoms with Crippen LogP contribution in [0.1, 0.15) is 27.2 Å². The third-order valence-electron chi connectivity index (χ3n) is 2.32. The highest BCUT2D eigenvalue weighted by molar-refractivity contribution is 5.31. The standard InChI is InChI=1S/C14H22O3/c1-11(2)10-12(3)17-14-6-4-13(5-7-14)16-9-8-15/h4-7,11-12,15H,8-10H2,1-3H3. The Labute approximate surface area is 103 Å². The monoisotopic (exact) mass is 238 g/mol. The Morgan fingerprint density at radius 1 is 1.06 bits per heavy atom. The van der Waals surface area contributed by atoms with E-state index < -0.39 is 0 Å². The van der Waals surface area contributed by atoms with E-state index >= 15 is 0 Å². The summed E-state index contributed by atoms with van der Waals surface area (Å²) in [5.74, 6) is 2.24. The van der Waals surface area contributed by atoms with Crippen molar-refractivity contribution in [2.45, 2.75) is 33.3 Å². The van der Waals surface area contributed by atoms with Gasteiger partial charge in [-0.3, -0.25) is 0 Å². The van der Waals surface area contributed by atoms with Crippen molar-refractivity contribution in [1.82, 2.24) is 0 Å². The lowest BCUT2D eigenvalue weighted by molar-refractivity contribution is 0.191. The molecule has 0 saturated carbocycles. The second kappa shape index (κ2) is 7.17. The van der Waals surface area contributed by atoms with Gasteiger partial charge in [0.2, 0.25) is 0 Å². The van der Waals surface area contributed by atoms with E-state index in [1.807, 2.05) is 24.3 Å². The van der Waals surface area contributed by atoms with E-state index in [4.69, 9.17) is 14.6 Å². The first kappa shape index (κ1) is 13.8. The van der Waals surface area contributed by atoms with Crippen molar-refractivity contribution in [2.75, 3.05) is 13.2 Å². The van der Waals surface area contributed by atoms with Crippen LogP contribution < -0.4 is 9.47 Å². The molecular formula is C14H22O3. The van der Waals surface area contributed by atoms with Crippen LogP contribution in [0.3, 0.4) is 0 Å². The summed E-state index contributed by atoms with van der Waals surface area (Å²) >= 11 is 0. The van der Waals surface area contributed by atoms with Crippen molar-refractivity contribution in [3.8, 4) is 11.5 Å². The SMILES string of the molecule is CC(C)CC(C)Oc1ccc(OCCO)cc1. The van der Waals surface area contributed by atoms with Crippen molar-refractivity contribution in [2.24, 2.45) is 5.92 Å². The lowest BCUT2D eigenvalue weighted by Crippen LogP contribution is -2.14. The number of hydrogen-bond donors (Lipinski definition) is 1. The second-order valence-electron chi connectivity index (χ2n) is 4.60. The Morgan fingerprint density at radius 3 is 2.18 bits per heavy atom. The molecule has 0 aromatic heterocycles.